The minimum atomic E-state index is 0.0868. The maximum absolute atomic E-state index is 10.8. The van der Waals surface area contributed by atoms with Crippen LogP contribution in [0.1, 0.15) is 26.7 Å². The first kappa shape index (κ1) is 9.15. The van der Waals surface area contributed by atoms with E-state index in [4.69, 9.17) is 0 Å². The van der Waals surface area contributed by atoms with Gasteiger partial charge in [-0.2, -0.15) is 0 Å². The number of allylic oxidation sites excluding steroid dienone is 4. The van der Waals surface area contributed by atoms with Gasteiger partial charge in [0.25, 0.3) is 0 Å². The summed E-state index contributed by atoms with van der Waals surface area (Å²) in [5.41, 5.74) is 0. The summed E-state index contributed by atoms with van der Waals surface area (Å²) in [7, 11) is 0. The zero-order valence-electron chi connectivity index (χ0n) is 6.63. The molecular weight excluding hydrogens is 124 g/mol. The van der Waals surface area contributed by atoms with Crippen molar-refractivity contribution >= 4 is 5.78 Å². The summed E-state index contributed by atoms with van der Waals surface area (Å²) in [6, 6.07) is 0. The van der Waals surface area contributed by atoms with E-state index in [1.165, 1.54) is 0 Å². The predicted octanol–water partition coefficient (Wildman–Crippen LogP) is 2.49. The van der Waals surface area contributed by atoms with E-state index in [-0.39, 0.29) is 5.78 Å². The van der Waals surface area contributed by atoms with Crippen LogP contribution in [0.15, 0.2) is 24.3 Å². The van der Waals surface area contributed by atoms with Crippen LogP contribution in [-0.2, 0) is 4.79 Å². The fourth-order valence-electron chi connectivity index (χ4n) is 0.524. The van der Waals surface area contributed by atoms with Gasteiger partial charge in [0.2, 0.25) is 0 Å². The summed E-state index contributed by atoms with van der Waals surface area (Å²) in [4.78, 5) is 10.8. The Kier molecular flexibility index (Phi) is 5.74. The Labute approximate surface area is 62.4 Å². The van der Waals surface area contributed by atoms with Crippen LogP contribution in [0.4, 0.5) is 0 Å². The second-order valence-corrected chi connectivity index (χ2v) is 2.02. The van der Waals surface area contributed by atoms with Crippen molar-refractivity contribution in [2.24, 2.45) is 0 Å². The van der Waals surface area contributed by atoms with E-state index in [2.05, 4.69) is 0 Å². The van der Waals surface area contributed by atoms with E-state index in [0.29, 0.717) is 0 Å². The van der Waals surface area contributed by atoms with E-state index in [1.54, 1.807) is 12.2 Å². The van der Waals surface area contributed by atoms with E-state index in [1.807, 2.05) is 26.0 Å². The van der Waals surface area contributed by atoms with Crippen LogP contribution >= 0.6 is 0 Å². The van der Waals surface area contributed by atoms with Gasteiger partial charge < -0.3 is 0 Å². The van der Waals surface area contributed by atoms with Crippen LogP contribution in [0.25, 0.3) is 0 Å². The third-order valence-electron chi connectivity index (χ3n) is 1.04. The van der Waals surface area contributed by atoms with Crippen molar-refractivity contribution in [2.75, 3.05) is 0 Å². The molecule has 0 aromatic heterocycles. The molecule has 56 valence electrons. The zero-order valence-corrected chi connectivity index (χ0v) is 6.63. The van der Waals surface area contributed by atoms with Crippen LogP contribution in [0.3, 0.4) is 0 Å². The molecule has 0 amide bonds. The molecular formula is C9H14O. The second-order valence-electron chi connectivity index (χ2n) is 2.02. The van der Waals surface area contributed by atoms with Crippen LogP contribution in [-0.4, -0.2) is 5.78 Å². The predicted molar refractivity (Wildman–Crippen MR) is 43.9 cm³/mol. The van der Waals surface area contributed by atoms with Gasteiger partial charge in [-0.1, -0.05) is 26.0 Å². The van der Waals surface area contributed by atoms with Gasteiger partial charge >= 0.3 is 0 Å². The third-order valence-corrected chi connectivity index (χ3v) is 1.04. The van der Waals surface area contributed by atoms with Crippen LogP contribution in [0.5, 0.6) is 0 Å². The van der Waals surface area contributed by atoms with Crippen LogP contribution in [0, 0.1) is 0 Å². The van der Waals surface area contributed by atoms with Gasteiger partial charge in [0.05, 0.1) is 0 Å². The van der Waals surface area contributed by atoms with Crippen molar-refractivity contribution in [3.8, 4) is 0 Å². The summed E-state index contributed by atoms with van der Waals surface area (Å²) >= 11 is 0. The first-order valence-electron chi connectivity index (χ1n) is 3.68. The number of carbonyl (C=O) groups is 1. The van der Waals surface area contributed by atoms with E-state index >= 15 is 0 Å². The summed E-state index contributed by atoms with van der Waals surface area (Å²) in [5, 5.41) is 0. The summed E-state index contributed by atoms with van der Waals surface area (Å²) < 4.78 is 0. The van der Waals surface area contributed by atoms with E-state index < -0.39 is 0 Å². The number of ketones is 1. The highest BCUT2D eigenvalue weighted by Crippen LogP contribution is 1.85. The molecule has 0 aliphatic rings. The van der Waals surface area contributed by atoms with Gasteiger partial charge in [0.15, 0.2) is 5.78 Å². The van der Waals surface area contributed by atoms with Gasteiger partial charge in [0, 0.05) is 0 Å². The van der Waals surface area contributed by atoms with Crippen molar-refractivity contribution in [3.05, 3.63) is 24.3 Å². The molecule has 0 saturated heterocycles. The fraction of sp³-hybridized carbons (Fsp3) is 0.444. The van der Waals surface area contributed by atoms with Crippen LogP contribution < -0.4 is 0 Å². The maximum Gasteiger partial charge on any atom is 0.177 e. The lowest BCUT2D eigenvalue weighted by atomic mass is 10.3. The Morgan fingerprint density at radius 2 is 1.50 bits per heavy atom. The molecule has 0 rings (SSSR count). The van der Waals surface area contributed by atoms with Gasteiger partial charge in [-0.05, 0) is 25.0 Å². The molecule has 0 aliphatic heterocycles. The Hall–Kier alpha value is -0.850. The minimum Gasteiger partial charge on any atom is -0.290 e. The molecule has 0 bridgehead atoms. The normalized spacial score (nSPS) is 11.4. The standard InChI is InChI=1S/C9H14O/c1-3-5-7-9(10)8-6-4-2/h5-8H,3-4H2,1-2H3/b7-5-,8-6-. The Morgan fingerprint density at radius 1 is 1.10 bits per heavy atom. The Balaban J connectivity index is 3.63. The molecule has 0 N–H and O–H groups in total. The molecule has 0 aliphatic carbocycles. The number of rotatable bonds is 4. The van der Waals surface area contributed by atoms with Crippen molar-refractivity contribution in [3.63, 3.8) is 0 Å². The fourth-order valence-corrected chi connectivity index (χ4v) is 0.524. The Bertz CT molecular complexity index is 127. The highest BCUT2D eigenvalue weighted by atomic mass is 16.1. The van der Waals surface area contributed by atoms with Crippen LogP contribution in [0.2, 0.25) is 0 Å². The minimum absolute atomic E-state index is 0.0868. The van der Waals surface area contributed by atoms with Gasteiger partial charge in [-0.3, -0.25) is 4.79 Å². The van der Waals surface area contributed by atoms with Crippen molar-refractivity contribution in [1.29, 1.82) is 0 Å². The Morgan fingerprint density at radius 3 is 1.80 bits per heavy atom. The van der Waals surface area contributed by atoms with Crippen molar-refractivity contribution in [1.82, 2.24) is 0 Å². The molecule has 0 heterocycles. The van der Waals surface area contributed by atoms with E-state index in [9.17, 15) is 4.79 Å². The average molecular weight is 138 g/mol. The van der Waals surface area contributed by atoms with Gasteiger partial charge in [-0.15, -0.1) is 0 Å². The highest BCUT2D eigenvalue weighted by molar-refractivity contribution is 5.99. The average Bonchev–Trinajstić information content (AvgIpc) is 1.97. The summed E-state index contributed by atoms with van der Waals surface area (Å²) in [6.07, 6.45) is 8.78. The lowest BCUT2D eigenvalue weighted by Crippen LogP contribution is -1.83. The second kappa shape index (κ2) is 6.27. The maximum atomic E-state index is 10.8. The highest BCUT2D eigenvalue weighted by Gasteiger charge is 1.83. The summed E-state index contributed by atoms with van der Waals surface area (Å²) in [5.74, 6) is 0.0868. The molecule has 1 nitrogen and oxygen atoms in total. The zero-order chi connectivity index (χ0) is 7.82. The molecule has 0 radical (unpaired) electrons. The molecule has 10 heavy (non-hydrogen) atoms. The topological polar surface area (TPSA) is 17.1 Å². The lowest BCUT2D eigenvalue weighted by molar-refractivity contribution is -0.110. The van der Waals surface area contributed by atoms with Gasteiger partial charge in [0.1, 0.15) is 0 Å². The monoisotopic (exact) mass is 138 g/mol. The molecule has 0 aromatic rings. The molecule has 0 saturated carbocycles. The lowest BCUT2D eigenvalue weighted by Gasteiger charge is -1.80. The smallest absolute Gasteiger partial charge is 0.177 e. The van der Waals surface area contributed by atoms with Crippen molar-refractivity contribution in [2.45, 2.75) is 26.7 Å². The number of hydrogen-bond donors (Lipinski definition) is 0. The number of carbonyl (C=O) groups excluding carboxylic acids is 1. The molecule has 0 unspecified atom stereocenters. The SMILES string of the molecule is CC/C=C\C(=O)/C=C\CC. The largest absolute Gasteiger partial charge is 0.290 e. The summed E-state index contributed by atoms with van der Waals surface area (Å²) in [6.45, 7) is 4.01. The molecule has 0 atom stereocenters. The first-order valence-corrected chi connectivity index (χ1v) is 3.68. The van der Waals surface area contributed by atoms with Crippen molar-refractivity contribution < 1.29 is 4.79 Å². The molecule has 1 heteroatoms. The third kappa shape index (κ3) is 5.29. The molecule has 0 spiro atoms. The van der Waals surface area contributed by atoms with Gasteiger partial charge in [-0.25, -0.2) is 0 Å². The quantitative estimate of drug-likeness (QED) is 0.545. The molecule has 0 aromatic carbocycles. The first-order chi connectivity index (χ1) is 4.81. The molecule has 0 fully saturated rings. The van der Waals surface area contributed by atoms with E-state index in [0.717, 1.165) is 12.8 Å². The number of hydrogen-bond acceptors (Lipinski definition) is 1.